The number of rotatable bonds is 5. The SMILES string of the molecule is CC(=O)OC[C@H]1O[C@@H](Oc2cc(O)cc3occ(-c4ccc(O)cc4)c(=O)c23)[C@H](O)[C@@H](O)[C@@H]1O. The number of aromatic hydroxyl groups is 2. The Morgan fingerprint density at radius 2 is 1.71 bits per heavy atom. The fourth-order valence-corrected chi connectivity index (χ4v) is 3.61. The summed E-state index contributed by atoms with van der Waals surface area (Å²) in [5.74, 6) is -1.17. The van der Waals surface area contributed by atoms with Crippen molar-refractivity contribution in [3.63, 3.8) is 0 Å². The van der Waals surface area contributed by atoms with Crippen molar-refractivity contribution >= 4 is 16.9 Å². The average Bonchev–Trinajstić information content (AvgIpc) is 2.79. The monoisotopic (exact) mass is 474 g/mol. The van der Waals surface area contributed by atoms with Crippen LogP contribution in [0.5, 0.6) is 17.2 Å². The summed E-state index contributed by atoms with van der Waals surface area (Å²) in [4.78, 5) is 24.4. The van der Waals surface area contributed by atoms with Gasteiger partial charge in [0.15, 0.2) is 0 Å². The predicted molar refractivity (Wildman–Crippen MR) is 115 cm³/mol. The van der Waals surface area contributed by atoms with Crippen LogP contribution >= 0.6 is 0 Å². The molecule has 5 atom stereocenters. The number of fused-ring (bicyclic) bond motifs is 1. The summed E-state index contributed by atoms with van der Waals surface area (Å²) in [6.07, 6.45) is -6.68. The molecule has 2 heterocycles. The molecular formula is C23H22O11. The molecule has 0 saturated carbocycles. The van der Waals surface area contributed by atoms with E-state index < -0.39 is 48.7 Å². The molecule has 4 rings (SSSR count). The highest BCUT2D eigenvalue weighted by Gasteiger charge is 2.45. The molecule has 0 spiro atoms. The Morgan fingerprint density at radius 1 is 1.00 bits per heavy atom. The number of aliphatic hydroxyl groups is 3. The number of phenols is 2. The molecule has 0 unspecified atom stereocenters. The lowest BCUT2D eigenvalue weighted by atomic mass is 9.99. The van der Waals surface area contributed by atoms with Crippen LogP contribution in [-0.2, 0) is 14.3 Å². The smallest absolute Gasteiger partial charge is 0.302 e. The highest BCUT2D eigenvalue weighted by atomic mass is 16.7. The quantitative estimate of drug-likeness (QED) is 0.328. The fraction of sp³-hybridized carbons (Fsp3) is 0.304. The van der Waals surface area contributed by atoms with Crippen LogP contribution in [0.25, 0.3) is 22.1 Å². The van der Waals surface area contributed by atoms with Crippen molar-refractivity contribution in [1.29, 1.82) is 0 Å². The Kier molecular flexibility index (Phi) is 6.44. The zero-order chi connectivity index (χ0) is 24.6. The number of hydrogen-bond acceptors (Lipinski definition) is 11. The zero-order valence-corrected chi connectivity index (χ0v) is 17.8. The summed E-state index contributed by atoms with van der Waals surface area (Å²) in [6, 6.07) is 8.13. The van der Waals surface area contributed by atoms with Crippen LogP contribution in [-0.4, -0.2) is 68.8 Å². The molecule has 1 aromatic heterocycles. The van der Waals surface area contributed by atoms with Crippen LogP contribution in [0.15, 0.2) is 51.9 Å². The summed E-state index contributed by atoms with van der Waals surface area (Å²) in [6.45, 7) is 0.729. The van der Waals surface area contributed by atoms with Crippen molar-refractivity contribution in [1.82, 2.24) is 0 Å². The van der Waals surface area contributed by atoms with E-state index in [-0.39, 0.29) is 33.8 Å². The van der Waals surface area contributed by atoms with Gasteiger partial charge in [-0.2, -0.15) is 0 Å². The van der Waals surface area contributed by atoms with Gasteiger partial charge in [0.2, 0.25) is 11.7 Å². The van der Waals surface area contributed by atoms with Crippen LogP contribution in [0, 0.1) is 0 Å². The largest absolute Gasteiger partial charge is 0.508 e. The van der Waals surface area contributed by atoms with Gasteiger partial charge in [-0.3, -0.25) is 9.59 Å². The van der Waals surface area contributed by atoms with E-state index in [4.69, 9.17) is 18.6 Å². The van der Waals surface area contributed by atoms with E-state index in [1.54, 1.807) is 0 Å². The summed E-state index contributed by atoms with van der Waals surface area (Å²) >= 11 is 0. The molecule has 3 aromatic rings. The second-order valence-electron chi connectivity index (χ2n) is 7.78. The lowest BCUT2D eigenvalue weighted by Gasteiger charge is -2.39. The number of esters is 1. The van der Waals surface area contributed by atoms with Crippen molar-refractivity contribution < 1.29 is 49.0 Å². The van der Waals surface area contributed by atoms with Crippen molar-refractivity contribution in [2.75, 3.05) is 6.61 Å². The molecule has 1 fully saturated rings. The van der Waals surface area contributed by atoms with E-state index in [9.17, 15) is 35.1 Å². The van der Waals surface area contributed by atoms with Crippen molar-refractivity contribution in [3.05, 3.63) is 52.9 Å². The normalized spacial score (nSPS) is 24.6. The molecule has 34 heavy (non-hydrogen) atoms. The summed E-state index contributed by atoms with van der Waals surface area (Å²) in [5, 5.41) is 50.2. The van der Waals surface area contributed by atoms with Gasteiger partial charge in [-0.25, -0.2) is 0 Å². The fourth-order valence-electron chi connectivity index (χ4n) is 3.61. The van der Waals surface area contributed by atoms with Gasteiger partial charge in [0.1, 0.15) is 65.5 Å². The van der Waals surface area contributed by atoms with Gasteiger partial charge in [-0.05, 0) is 17.7 Å². The highest BCUT2D eigenvalue weighted by Crippen LogP contribution is 2.33. The number of phenolic OH excluding ortho intramolecular Hbond substituents is 2. The maximum Gasteiger partial charge on any atom is 0.302 e. The number of benzene rings is 2. The first-order valence-electron chi connectivity index (χ1n) is 10.2. The molecule has 0 amide bonds. The minimum Gasteiger partial charge on any atom is -0.508 e. The molecule has 11 nitrogen and oxygen atoms in total. The minimum absolute atomic E-state index is 0.00959. The first-order valence-corrected chi connectivity index (χ1v) is 10.2. The average molecular weight is 474 g/mol. The van der Waals surface area contributed by atoms with Gasteiger partial charge in [0, 0.05) is 19.1 Å². The molecule has 2 aromatic carbocycles. The van der Waals surface area contributed by atoms with Gasteiger partial charge in [0.05, 0.1) is 5.56 Å². The Labute approximate surface area is 192 Å². The number of ether oxygens (including phenoxy) is 3. The van der Waals surface area contributed by atoms with Gasteiger partial charge in [0.25, 0.3) is 0 Å². The Hall–Kier alpha value is -3.64. The zero-order valence-electron chi connectivity index (χ0n) is 17.8. The van der Waals surface area contributed by atoms with Gasteiger partial charge < -0.3 is 44.2 Å². The summed E-state index contributed by atoms with van der Waals surface area (Å²) in [5.41, 5.74) is 0.0203. The Balaban J connectivity index is 1.73. The Morgan fingerprint density at radius 3 is 2.38 bits per heavy atom. The second-order valence-corrected chi connectivity index (χ2v) is 7.78. The molecule has 5 N–H and O–H groups in total. The van der Waals surface area contributed by atoms with Gasteiger partial charge in [-0.15, -0.1) is 0 Å². The lowest BCUT2D eigenvalue weighted by Crippen LogP contribution is -2.60. The van der Waals surface area contributed by atoms with Crippen LogP contribution in [0.3, 0.4) is 0 Å². The molecule has 0 aliphatic carbocycles. The summed E-state index contributed by atoms with van der Waals surface area (Å²) < 4.78 is 21.5. The highest BCUT2D eigenvalue weighted by molar-refractivity contribution is 5.88. The number of hydrogen-bond donors (Lipinski definition) is 5. The first kappa shape index (κ1) is 23.5. The van der Waals surface area contributed by atoms with E-state index in [1.165, 1.54) is 36.6 Å². The van der Waals surface area contributed by atoms with Crippen molar-refractivity contribution in [2.45, 2.75) is 37.6 Å². The summed E-state index contributed by atoms with van der Waals surface area (Å²) in [7, 11) is 0. The second kappa shape index (κ2) is 9.31. The number of carbonyl (C=O) groups is 1. The van der Waals surface area contributed by atoms with Gasteiger partial charge >= 0.3 is 5.97 Å². The lowest BCUT2D eigenvalue weighted by molar-refractivity contribution is -0.278. The topological polar surface area (TPSA) is 176 Å². The van der Waals surface area contributed by atoms with Crippen molar-refractivity contribution in [3.8, 4) is 28.4 Å². The van der Waals surface area contributed by atoms with E-state index >= 15 is 0 Å². The molecule has 0 radical (unpaired) electrons. The van der Waals surface area contributed by atoms with Crippen molar-refractivity contribution in [2.24, 2.45) is 0 Å². The van der Waals surface area contributed by atoms with Crippen LogP contribution in [0.4, 0.5) is 0 Å². The molecule has 0 bridgehead atoms. The van der Waals surface area contributed by atoms with E-state index in [2.05, 4.69) is 0 Å². The third kappa shape index (κ3) is 4.54. The first-order chi connectivity index (χ1) is 16.2. The predicted octanol–water partition coefficient (Wildman–Crippen LogP) is 0.621. The third-order valence-corrected chi connectivity index (χ3v) is 5.37. The van der Waals surface area contributed by atoms with Crippen LogP contribution in [0.1, 0.15) is 6.92 Å². The third-order valence-electron chi connectivity index (χ3n) is 5.37. The maximum atomic E-state index is 13.3. The molecular weight excluding hydrogens is 452 g/mol. The minimum atomic E-state index is -1.74. The van der Waals surface area contributed by atoms with Gasteiger partial charge in [-0.1, -0.05) is 12.1 Å². The van der Waals surface area contributed by atoms with Crippen LogP contribution < -0.4 is 10.2 Å². The Bertz CT molecular complexity index is 1250. The molecule has 1 saturated heterocycles. The molecule has 1 aliphatic rings. The standard InChI is InChI=1S/C23H22O11/c1-10(24)31-9-17-20(28)21(29)22(30)23(34-17)33-16-7-13(26)6-15-18(16)19(27)14(8-32-15)11-2-4-12(25)5-3-11/h2-8,17,20-23,25-26,28-30H,9H2,1H3/t17-,20-,21+,22-,23-/m1/s1. The maximum absolute atomic E-state index is 13.3. The van der Waals surface area contributed by atoms with E-state index in [0.29, 0.717) is 5.56 Å². The number of aliphatic hydroxyl groups excluding tert-OH is 3. The number of carbonyl (C=O) groups excluding carboxylic acids is 1. The molecule has 11 heteroatoms. The molecule has 180 valence electrons. The molecule has 1 aliphatic heterocycles. The van der Waals surface area contributed by atoms with E-state index in [1.807, 2.05) is 0 Å². The van der Waals surface area contributed by atoms with Crippen LogP contribution in [0.2, 0.25) is 0 Å². The van der Waals surface area contributed by atoms with E-state index in [0.717, 1.165) is 13.0 Å².